The number of nitrogens with one attached hydrogen (secondary N) is 2. The van der Waals surface area contributed by atoms with E-state index in [1.165, 1.54) is 5.56 Å². The smallest absolute Gasteiger partial charge is 0.313 e. The van der Waals surface area contributed by atoms with Gasteiger partial charge in [-0.05, 0) is 85.5 Å². The Hall–Kier alpha value is -4.32. The van der Waals surface area contributed by atoms with E-state index in [9.17, 15) is 19.6 Å². The van der Waals surface area contributed by atoms with Crippen molar-refractivity contribution in [2.45, 2.75) is 50.9 Å². The van der Waals surface area contributed by atoms with Gasteiger partial charge in [-0.3, -0.25) is 14.4 Å². The number of hydrogen-bond donors (Lipinski definition) is 2. The number of nitriles is 1. The van der Waals surface area contributed by atoms with Crippen molar-refractivity contribution in [2.75, 3.05) is 37.0 Å². The van der Waals surface area contributed by atoms with Gasteiger partial charge in [0.05, 0.1) is 13.2 Å². The summed E-state index contributed by atoms with van der Waals surface area (Å²) in [5, 5.41) is 13.1. The van der Waals surface area contributed by atoms with Gasteiger partial charge in [0, 0.05) is 66.4 Å². The average Bonchev–Trinajstić information content (AvgIpc) is 3.60. The van der Waals surface area contributed by atoms with E-state index in [4.69, 9.17) is 4.74 Å². The minimum absolute atomic E-state index is 0.0684. The maximum atomic E-state index is 13.0. The third kappa shape index (κ3) is 4.90. The van der Waals surface area contributed by atoms with Gasteiger partial charge in [0.2, 0.25) is 5.91 Å². The van der Waals surface area contributed by atoms with Gasteiger partial charge in [-0.2, -0.15) is 5.26 Å². The van der Waals surface area contributed by atoms with Crippen LogP contribution in [0.2, 0.25) is 0 Å². The van der Waals surface area contributed by atoms with E-state index in [1.54, 1.807) is 23.0 Å². The quantitative estimate of drug-likeness (QED) is 0.448. The molecule has 0 radical (unpaired) electrons. The highest BCUT2D eigenvalue weighted by Crippen LogP contribution is 2.50. The van der Waals surface area contributed by atoms with Crippen molar-refractivity contribution in [3.8, 4) is 11.8 Å². The standard InChI is InChI=1S/C31H33N5O4/c1-40-23-4-5-26-24(17-23)25(18-33-26)20-8-14-35(15-9-20)30(39)29(38)34-22-3-6-27-21(16-22)2-7-28(37)36(27)19-31(10-11-31)12-13-32/h3-6,16-18,20,33H,2,7-12,14-15,19H2,1H3,(H,34,38). The topological polar surface area (TPSA) is 119 Å². The first-order chi connectivity index (χ1) is 19.4. The number of benzene rings is 2. The second-order valence-corrected chi connectivity index (χ2v) is 11.3. The summed E-state index contributed by atoms with van der Waals surface area (Å²) in [7, 11) is 1.66. The molecule has 0 spiro atoms. The Kier molecular flexibility index (Phi) is 6.70. The zero-order valence-electron chi connectivity index (χ0n) is 22.7. The average molecular weight is 540 g/mol. The Balaban J connectivity index is 1.08. The molecule has 1 saturated carbocycles. The van der Waals surface area contributed by atoms with Crippen LogP contribution >= 0.6 is 0 Å². The predicted molar refractivity (Wildman–Crippen MR) is 151 cm³/mol. The molecule has 2 N–H and O–H groups in total. The van der Waals surface area contributed by atoms with Crippen molar-refractivity contribution in [3.63, 3.8) is 0 Å². The number of carbonyl (C=O) groups excluding carboxylic acids is 3. The lowest BCUT2D eigenvalue weighted by atomic mass is 9.89. The normalized spacial score (nSPS) is 18.2. The third-order valence-corrected chi connectivity index (χ3v) is 8.78. The molecular weight excluding hydrogens is 506 g/mol. The molecule has 2 aromatic carbocycles. The maximum Gasteiger partial charge on any atom is 0.313 e. The number of amides is 3. The number of likely N-dealkylation sites (tertiary alicyclic amines) is 1. The van der Waals surface area contributed by atoms with Crippen LogP contribution in [-0.4, -0.2) is 54.3 Å². The van der Waals surface area contributed by atoms with Crippen molar-refractivity contribution in [2.24, 2.45) is 5.41 Å². The molecule has 206 valence electrons. The number of H-pyrrole nitrogens is 1. The second-order valence-electron chi connectivity index (χ2n) is 11.3. The molecule has 3 heterocycles. The van der Waals surface area contributed by atoms with E-state index in [0.717, 1.165) is 53.6 Å². The number of aryl methyl sites for hydroxylation is 1. The summed E-state index contributed by atoms with van der Waals surface area (Å²) in [6.07, 6.45) is 6.95. The van der Waals surface area contributed by atoms with E-state index >= 15 is 0 Å². The number of anilines is 2. The van der Waals surface area contributed by atoms with Crippen molar-refractivity contribution in [3.05, 3.63) is 53.7 Å². The van der Waals surface area contributed by atoms with Crippen LogP contribution < -0.4 is 15.0 Å². The summed E-state index contributed by atoms with van der Waals surface area (Å²) in [6.45, 7) is 1.58. The van der Waals surface area contributed by atoms with Crippen LogP contribution in [0, 0.1) is 16.7 Å². The molecule has 0 unspecified atom stereocenters. The third-order valence-electron chi connectivity index (χ3n) is 8.78. The first-order valence-electron chi connectivity index (χ1n) is 14.0. The molecule has 3 amide bonds. The summed E-state index contributed by atoms with van der Waals surface area (Å²) in [6, 6.07) is 13.7. The van der Waals surface area contributed by atoms with Gasteiger partial charge in [-0.25, -0.2) is 0 Å². The summed E-state index contributed by atoms with van der Waals surface area (Å²) in [5.41, 5.74) is 4.53. The Morgan fingerprint density at radius 3 is 2.67 bits per heavy atom. The fourth-order valence-corrected chi connectivity index (χ4v) is 6.19. The van der Waals surface area contributed by atoms with Crippen molar-refractivity contribution < 1.29 is 19.1 Å². The maximum absolute atomic E-state index is 13.0. The molecule has 3 aliphatic rings. The van der Waals surface area contributed by atoms with Gasteiger partial charge in [0.15, 0.2) is 0 Å². The first kappa shape index (κ1) is 25.9. The SMILES string of the molecule is COc1ccc2[nH]cc(C3CCN(C(=O)C(=O)Nc4ccc5c(c4)CCC(=O)N5CC4(CC#N)CC4)CC3)c2c1. The number of ether oxygens (including phenoxy) is 1. The molecule has 0 bridgehead atoms. The highest BCUT2D eigenvalue weighted by atomic mass is 16.5. The van der Waals surface area contributed by atoms with Gasteiger partial charge in [0.25, 0.3) is 0 Å². The molecule has 9 nitrogen and oxygen atoms in total. The van der Waals surface area contributed by atoms with Crippen LogP contribution in [-0.2, 0) is 20.8 Å². The monoisotopic (exact) mass is 539 g/mol. The van der Waals surface area contributed by atoms with Crippen LogP contribution in [0.1, 0.15) is 55.6 Å². The van der Waals surface area contributed by atoms with Crippen LogP contribution in [0.15, 0.2) is 42.6 Å². The van der Waals surface area contributed by atoms with Gasteiger partial charge in [-0.1, -0.05) is 0 Å². The fourth-order valence-electron chi connectivity index (χ4n) is 6.19. The summed E-state index contributed by atoms with van der Waals surface area (Å²) >= 11 is 0. The number of carbonyl (C=O) groups is 3. The lowest BCUT2D eigenvalue weighted by molar-refractivity contribution is -0.143. The Morgan fingerprint density at radius 1 is 1.15 bits per heavy atom. The van der Waals surface area contributed by atoms with E-state index < -0.39 is 11.8 Å². The number of aromatic nitrogens is 1. The van der Waals surface area contributed by atoms with E-state index in [0.29, 0.717) is 50.5 Å². The van der Waals surface area contributed by atoms with Crippen LogP contribution in [0.25, 0.3) is 10.9 Å². The molecule has 1 aliphatic carbocycles. The molecule has 9 heteroatoms. The van der Waals surface area contributed by atoms with E-state index in [2.05, 4.69) is 16.4 Å². The van der Waals surface area contributed by atoms with Gasteiger partial charge in [0.1, 0.15) is 5.75 Å². The zero-order chi connectivity index (χ0) is 27.9. The molecule has 1 saturated heterocycles. The van der Waals surface area contributed by atoms with Gasteiger partial charge < -0.3 is 24.8 Å². The largest absolute Gasteiger partial charge is 0.497 e. The lowest BCUT2D eigenvalue weighted by Crippen LogP contribution is -2.43. The number of methoxy groups -OCH3 is 1. The van der Waals surface area contributed by atoms with Crippen molar-refractivity contribution >= 4 is 40.0 Å². The summed E-state index contributed by atoms with van der Waals surface area (Å²) < 4.78 is 5.39. The number of nitrogens with zero attached hydrogens (tertiary/aromatic N) is 3. The Morgan fingerprint density at radius 2 is 1.95 bits per heavy atom. The van der Waals surface area contributed by atoms with E-state index in [1.807, 2.05) is 36.5 Å². The van der Waals surface area contributed by atoms with Gasteiger partial charge in [-0.15, -0.1) is 0 Å². The summed E-state index contributed by atoms with van der Waals surface area (Å²) in [4.78, 5) is 45.4. The van der Waals surface area contributed by atoms with Crippen molar-refractivity contribution in [1.29, 1.82) is 5.26 Å². The summed E-state index contributed by atoms with van der Waals surface area (Å²) in [5.74, 6) is -0.00307. The molecule has 40 heavy (non-hydrogen) atoms. The number of aromatic amines is 1. The molecule has 1 aromatic heterocycles. The van der Waals surface area contributed by atoms with Crippen LogP contribution in [0.3, 0.4) is 0 Å². The minimum atomic E-state index is -0.648. The highest BCUT2D eigenvalue weighted by molar-refractivity contribution is 6.39. The van der Waals surface area contributed by atoms with Crippen LogP contribution in [0.5, 0.6) is 5.75 Å². The first-order valence-corrected chi connectivity index (χ1v) is 14.0. The lowest BCUT2D eigenvalue weighted by Gasteiger charge is -2.33. The Labute approximate surface area is 233 Å². The number of piperidine rings is 1. The molecule has 2 fully saturated rings. The van der Waals surface area contributed by atoms with E-state index in [-0.39, 0.29) is 11.3 Å². The van der Waals surface area contributed by atoms with Gasteiger partial charge >= 0.3 is 11.8 Å². The predicted octanol–water partition coefficient (Wildman–Crippen LogP) is 4.49. The molecule has 6 rings (SSSR count). The number of fused-ring (bicyclic) bond motifs is 2. The number of rotatable bonds is 6. The van der Waals surface area contributed by atoms with Crippen molar-refractivity contribution in [1.82, 2.24) is 9.88 Å². The fraction of sp³-hybridized carbons (Fsp3) is 0.419. The molecular formula is C31H33N5O4. The Bertz CT molecular complexity index is 1520. The minimum Gasteiger partial charge on any atom is -0.497 e. The number of hydrogen-bond acceptors (Lipinski definition) is 5. The second kappa shape index (κ2) is 10.3. The van der Waals surface area contributed by atoms with Crippen LogP contribution in [0.4, 0.5) is 11.4 Å². The molecule has 3 aromatic rings. The molecule has 0 atom stereocenters. The highest BCUT2D eigenvalue weighted by Gasteiger charge is 2.45. The zero-order valence-corrected chi connectivity index (χ0v) is 22.7. The molecule has 2 aliphatic heterocycles.